The van der Waals surface area contributed by atoms with Crippen LogP contribution in [-0.2, 0) is 0 Å². The fourth-order valence-electron chi connectivity index (χ4n) is 5.25. The van der Waals surface area contributed by atoms with Crippen molar-refractivity contribution in [2.45, 2.75) is 46.0 Å². The van der Waals surface area contributed by atoms with Crippen LogP contribution in [0.1, 0.15) is 46.0 Å². The molecule has 5 unspecified atom stereocenters. The van der Waals surface area contributed by atoms with Crippen LogP contribution in [0.3, 0.4) is 0 Å². The van der Waals surface area contributed by atoms with Crippen molar-refractivity contribution in [3.8, 4) is 0 Å². The average molecular weight is 228 g/mol. The molecule has 0 saturated heterocycles. The van der Waals surface area contributed by atoms with Gasteiger partial charge in [0, 0.05) is 0 Å². The van der Waals surface area contributed by atoms with Crippen molar-refractivity contribution in [3.05, 3.63) is 23.8 Å². The summed E-state index contributed by atoms with van der Waals surface area (Å²) in [6, 6.07) is 0. The Bertz CT molecular complexity index is 396. The van der Waals surface area contributed by atoms with Crippen LogP contribution in [0.25, 0.3) is 0 Å². The van der Waals surface area contributed by atoms with Crippen LogP contribution >= 0.6 is 0 Å². The first kappa shape index (κ1) is 10.4. The summed E-state index contributed by atoms with van der Waals surface area (Å²) in [6.45, 7) is 5.04. The summed E-state index contributed by atoms with van der Waals surface area (Å²) in [5, 5.41) is 0. The van der Waals surface area contributed by atoms with Crippen molar-refractivity contribution in [3.63, 3.8) is 0 Å². The van der Waals surface area contributed by atoms with Crippen LogP contribution in [-0.4, -0.2) is 0 Å². The normalized spacial score (nSPS) is 49.1. The standard InChI is InChI=1S/C17H24/c1-17(2)15-6-5-13(16(17)10-15)9-14-8-11-3-4-12(14)7-11/h3-4,8,11-13,15-16H,5-7,9-10H2,1-2H3. The molecule has 0 radical (unpaired) electrons. The first-order valence-electron chi connectivity index (χ1n) is 7.53. The number of hydrogen-bond donors (Lipinski definition) is 0. The summed E-state index contributed by atoms with van der Waals surface area (Å²) in [7, 11) is 0. The van der Waals surface area contributed by atoms with Crippen molar-refractivity contribution in [2.24, 2.45) is 35.0 Å². The van der Waals surface area contributed by atoms with Crippen molar-refractivity contribution in [1.29, 1.82) is 0 Å². The number of fused-ring (bicyclic) bond motifs is 4. The highest BCUT2D eigenvalue weighted by Crippen LogP contribution is 2.62. The van der Waals surface area contributed by atoms with Crippen molar-refractivity contribution in [1.82, 2.24) is 0 Å². The summed E-state index contributed by atoms with van der Waals surface area (Å²) in [6.07, 6.45) is 14.8. The number of rotatable bonds is 2. The van der Waals surface area contributed by atoms with E-state index in [4.69, 9.17) is 0 Å². The van der Waals surface area contributed by atoms with E-state index in [9.17, 15) is 0 Å². The van der Waals surface area contributed by atoms with Crippen LogP contribution in [0, 0.1) is 35.0 Å². The summed E-state index contributed by atoms with van der Waals surface area (Å²) in [4.78, 5) is 0. The average Bonchev–Trinajstić information content (AvgIpc) is 2.91. The van der Waals surface area contributed by atoms with Gasteiger partial charge in [-0.1, -0.05) is 37.6 Å². The topological polar surface area (TPSA) is 0 Å². The lowest BCUT2D eigenvalue weighted by Gasteiger charge is -2.60. The molecule has 5 rings (SSSR count). The molecule has 0 N–H and O–H groups in total. The van der Waals surface area contributed by atoms with Crippen molar-refractivity contribution < 1.29 is 0 Å². The summed E-state index contributed by atoms with van der Waals surface area (Å²) >= 11 is 0. The van der Waals surface area contributed by atoms with Gasteiger partial charge in [-0.25, -0.2) is 0 Å². The van der Waals surface area contributed by atoms with Gasteiger partial charge in [-0.2, -0.15) is 0 Å². The van der Waals surface area contributed by atoms with Crippen molar-refractivity contribution >= 4 is 0 Å². The van der Waals surface area contributed by atoms with Crippen LogP contribution in [0.15, 0.2) is 23.8 Å². The molecule has 0 spiro atoms. The molecule has 0 heteroatoms. The highest BCUT2D eigenvalue weighted by Gasteiger charge is 2.54. The maximum Gasteiger partial charge on any atom is -0.00142 e. The van der Waals surface area contributed by atoms with Crippen molar-refractivity contribution in [2.75, 3.05) is 0 Å². The maximum absolute atomic E-state index is 2.59. The second kappa shape index (κ2) is 3.28. The first-order chi connectivity index (χ1) is 8.14. The van der Waals surface area contributed by atoms with E-state index < -0.39 is 0 Å². The van der Waals surface area contributed by atoms with E-state index in [2.05, 4.69) is 32.1 Å². The summed E-state index contributed by atoms with van der Waals surface area (Å²) < 4.78 is 0. The third-order valence-electron chi connectivity index (χ3n) is 6.52. The monoisotopic (exact) mass is 228 g/mol. The summed E-state index contributed by atoms with van der Waals surface area (Å²) in [5.41, 5.74) is 2.46. The predicted octanol–water partition coefficient (Wildman–Crippen LogP) is 4.58. The van der Waals surface area contributed by atoms with Gasteiger partial charge in [0.2, 0.25) is 0 Å². The van der Waals surface area contributed by atoms with Gasteiger partial charge in [-0.05, 0) is 67.1 Å². The molecular weight excluding hydrogens is 204 g/mol. The SMILES string of the molecule is CC1(C)C2CCC(CC3=CC4C=CC3C4)C1C2. The molecule has 3 saturated carbocycles. The lowest BCUT2D eigenvalue weighted by atomic mass is 9.45. The summed E-state index contributed by atoms with van der Waals surface area (Å²) in [5.74, 6) is 4.73. The van der Waals surface area contributed by atoms with Gasteiger partial charge >= 0.3 is 0 Å². The Hall–Kier alpha value is -0.520. The van der Waals surface area contributed by atoms with Gasteiger partial charge in [0.05, 0.1) is 0 Å². The highest BCUT2D eigenvalue weighted by atomic mass is 14.6. The third kappa shape index (κ3) is 1.36. The molecule has 5 aliphatic rings. The Morgan fingerprint density at radius 2 is 2.06 bits per heavy atom. The number of hydrogen-bond acceptors (Lipinski definition) is 0. The Kier molecular flexibility index (Phi) is 2.00. The lowest BCUT2D eigenvalue weighted by molar-refractivity contribution is -0.104. The van der Waals surface area contributed by atoms with E-state index in [1.54, 1.807) is 5.57 Å². The minimum Gasteiger partial charge on any atom is -0.0810 e. The Labute approximate surface area is 105 Å². The quantitative estimate of drug-likeness (QED) is 0.607. The van der Waals surface area contributed by atoms with Gasteiger partial charge in [0.25, 0.3) is 0 Å². The molecule has 0 aromatic heterocycles. The van der Waals surface area contributed by atoms with E-state index in [1.165, 1.54) is 32.1 Å². The van der Waals surface area contributed by atoms with Gasteiger partial charge in [-0.3, -0.25) is 0 Å². The van der Waals surface area contributed by atoms with Gasteiger partial charge in [0.1, 0.15) is 0 Å². The largest absolute Gasteiger partial charge is 0.0810 e. The molecule has 4 bridgehead atoms. The zero-order chi connectivity index (χ0) is 11.6. The molecule has 5 aliphatic carbocycles. The molecule has 92 valence electrons. The van der Waals surface area contributed by atoms with Crippen LogP contribution in [0.2, 0.25) is 0 Å². The van der Waals surface area contributed by atoms with Crippen LogP contribution < -0.4 is 0 Å². The van der Waals surface area contributed by atoms with Gasteiger partial charge in [0.15, 0.2) is 0 Å². The van der Waals surface area contributed by atoms with E-state index in [0.717, 1.165) is 29.6 Å². The van der Waals surface area contributed by atoms with E-state index in [-0.39, 0.29) is 0 Å². The molecule has 0 aromatic rings. The molecule has 0 nitrogen and oxygen atoms in total. The van der Waals surface area contributed by atoms with Crippen LogP contribution in [0.4, 0.5) is 0 Å². The molecule has 5 atom stereocenters. The van der Waals surface area contributed by atoms with Gasteiger partial charge in [-0.15, -0.1) is 0 Å². The van der Waals surface area contributed by atoms with Crippen LogP contribution in [0.5, 0.6) is 0 Å². The minimum atomic E-state index is 0.664. The van der Waals surface area contributed by atoms with E-state index in [0.29, 0.717) is 5.41 Å². The smallest absolute Gasteiger partial charge is 0.00142 e. The third-order valence-corrected chi connectivity index (χ3v) is 6.52. The zero-order valence-corrected chi connectivity index (χ0v) is 11.2. The predicted molar refractivity (Wildman–Crippen MR) is 71.5 cm³/mol. The van der Waals surface area contributed by atoms with E-state index in [1.807, 2.05) is 0 Å². The Morgan fingerprint density at radius 1 is 1.18 bits per heavy atom. The first-order valence-corrected chi connectivity index (χ1v) is 7.53. The zero-order valence-electron chi connectivity index (χ0n) is 11.2. The molecule has 0 amide bonds. The molecular formula is C17H24. The maximum atomic E-state index is 2.59. The fourth-order valence-corrected chi connectivity index (χ4v) is 5.25. The molecule has 0 aromatic carbocycles. The minimum absolute atomic E-state index is 0.664. The molecule has 3 fully saturated rings. The molecule has 0 aliphatic heterocycles. The Morgan fingerprint density at radius 3 is 2.65 bits per heavy atom. The van der Waals surface area contributed by atoms with Gasteiger partial charge < -0.3 is 0 Å². The Balaban J connectivity index is 1.48. The number of allylic oxidation sites excluding steroid dienone is 4. The molecule has 0 heterocycles. The second-order valence-corrected chi connectivity index (χ2v) is 7.53. The fraction of sp³-hybridized carbons (Fsp3) is 0.765. The highest BCUT2D eigenvalue weighted by molar-refractivity contribution is 5.30. The second-order valence-electron chi connectivity index (χ2n) is 7.53. The van der Waals surface area contributed by atoms with E-state index >= 15 is 0 Å². The lowest BCUT2D eigenvalue weighted by Crippen LogP contribution is -2.52. The molecule has 17 heavy (non-hydrogen) atoms.